The van der Waals surface area contributed by atoms with Crippen LogP contribution in [0.2, 0.25) is 0 Å². The lowest BCUT2D eigenvalue weighted by Gasteiger charge is -2.35. The lowest BCUT2D eigenvalue weighted by Crippen LogP contribution is -2.50. The molecule has 0 aromatic heterocycles. The smallest absolute Gasteiger partial charge is 0.261 e. The van der Waals surface area contributed by atoms with Gasteiger partial charge in [0.05, 0.1) is 11.1 Å². The third-order valence-electron chi connectivity index (χ3n) is 7.13. The Hall–Kier alpha value is -3.62. The minimum absolute atomic E-state index is 0.0491. The Balaban J connectivity index is 1.26. The van der Waals surface area contributed by atoms with Gasteiger partial charge in [0.25, 0.3) is 23.6 Å². The van der Waals surface area contributed by atoms with Crippen molar-refractivity contribution < 1.29 is 28.0 Å². The monoisotopic (exact) mass is 481 g/mol. The van der Waals surface area contributed by atoms with Gasteiger partial charge in [-0.2, -0.15) is 0 Å². The van der Waals surface area contributed by atoms with Gasteiger partial charge in [0.2, 0.25) is 0 Å². The van der Waals surface area contributed by atoms with Gasteiger partial charge in [-0.05, 0) is 49.2 Å². The first-order valence-electron chi connectivity index (χ1n) is 11.9. The van der Waals surface area contributed by atoms with Gasteiger partial charge in [0.1, 0.15) is 0 Å². The second-order valence-corrected chi connectivity index (χ2v) is 9.25. The minimum Gasteiger partial charge on any atom is -0.335 e. The number of rotatable bonds is 3. The highest BCUT2D eigenvalue weighted by Crippen LogP contribution is 2.31. The second kappa shape index (κ2) is 9.20. The number of hydrogen-bond donors (Lipinski definition) is 0. The fourth-order valence-electron chi connectivity index (χ4n) is 5.17. The van der Waals surface area contributed by atoms with Crippen LogP contribution in [0.25, 0.3) is 0 Å². The molecule has 0 unspecified atom stereocenters. The maximum atomic E-state index is 13.5. The van der Waals surface area contributed by atoms with Crippen LogP contribution in [0.1, 0.15) is 73.5 Å². The number of carbonyl (C=O) groups is 4. The summed E-state index contributed by atoms with van der Waals surface area (Å²) in [7, 11) is 0. The molecule has 3 aliphatic rings. The topological polar surface area (TPSA) is 78.0 Å². The molecule has 1 aliphatic carbocycles. The van der Waals surface area contributed by atoms with E-state index in [4.69, 9.17) is 0 Å². The molecule has 0 radical (unpaired) electrons. The summed E-state index contributed by atoms with van der Waals surface area (Å²) in [6.45, 7) is 0.988. The molecule has 2 aromatic carbocycles. The lowest BCUT2D eigenvalue weighted by atomic mass is 9.94. The van der Waals surface area contributed by atoms with E-state index in [1.54, 1.807) is 17.0 Å². The maximum absolute atomic E-state index is 13.5. The molecule has 35 heavy (non-hydrogen) atoms. The fraction of sp³-hybridized carbons (Fsp3) is 0.385. The predicted octanol–water partition coefficient (Wildman–Crippen LogP) is 3.49. The van der Waals surface area contributed by atoms with E-state index < -0.39 is 17.5 Å². The third-order valence-corrected chi connectivity index (χ3v) is 7.13. The largest absolute Gasteiger partial charge is 0.335 e. The highest BCUT2D eigenvalue weighted by Gasteiger charge is 2.40. The second-order valence-electron chi connectivity index (χ2n) is 9.25. The van der Waals surface area contributed by atoms with Crippen molar-refractivity contribution in [1.29, 1.82) is 0 Å². The molecule has 5 rings (SSSR count). The number of nitrogens with zero attached hydrogens (tertiary/aromatic N) is 3. The number of hydrogen-bond acceptors (Lipinski definition) is 4. The van der Waals surface area contributed by atoms with Gasteiger partial charge in [-0.15, -0.1) is 0 Å². The molecule has 0 bridgehead atoms. The Bertz CT molecular complexity index is 1220. The van der Waals surface area contributed by atoms with Gasteiger partial charge in [-0.1, -0.05) is 19.3 Å². The maximum Gasteiger partial charge on any atom is 0.261 e. The number of carbonyl (C=O) groups excluding carboxylic acids is 4. The van der Waals surface area contributed by atoms with Crippen molar-refractivity contribution in [3.8, 4) is 0 Å². The van der Waals surface area contributed by atoms with Gasteiger partial charge in [-0.3, -0.25) is 24.1 Å². The van der Waals surface area contributed by atoms with E-state index in [2.05, 4.69) is 0 Å². The van der Waals surface area contributed by atoms with E-state index in [9.17, 15) is 28.0 Å². The normalized spacial score (nSPS) is 18.7. The van der Waals surface area contributed by atoms with Crippen LogP contribution in [0.3, 0.4) is 0 Å². The van der Waals surface area contributed by atoms with Crippen LogP contribution in [-0.2, 0) is 0 Å². The van der Waals surface area contributed by atoms with Crippen LogP contribution in [0.4, 0.5) is 8.78 Å². The van der Waals surface area contributed by atoms with E-state index >= 15 is 0 Å². The molecule has 2 fully saturated rings. The van der Waals surface area contributed by atoms with Gasteiger partial charge >= 0.3 is 0 Å². The molecule has 4 amide bonds. The summed E-state index contributed by atoms with van der Waals surface area (Å²) < 4.78 is 26.7. The summed E-state index contributed by atoms with van der Waals surface area (Å²) >= 11 is 0. The van der Waals surface area contributed by atoms with Crippen molar-refractivity contribution in [2.75, 3.05) is 26.2 Å². The van der Waals surface area contributed by atoms with Crippen LogP contribution in [-0.4, -0.2) is 70.5 Å². The molecule has 1 saturated heterocycles. The summed E-state index contributed by atoms with van der Waals surface area (Å²) in [5.41, 5.74) is 0.960. The van der Waals surface area contributed by atoms with Crippen molar-refractivity contribution in [3.63, 3.8) is 0 Å². The first-order chi connectivity index (χ1) is 16.8. The Morgan fingerprint density at radius 1 is 0.686 bits per heavy atom. The van der Waals surface area contributed by atoms with Crippen molar-refractivity contribution in [2.45, 2.75) is 38.1 Å². The van der Waals surface area contributed by atoms with Gasteiger partial charge < -0.3 is 9.80 Å². The molecular formula is C26H25F2N3O4. The molecule has 2 heterocycles. The summed E-state index contributed by atoms with van der Waals surface area (Å²) in [6.07, 6.45) is 4.71. The zero-order valence-corrected chi connectivity index (χ0v) is 19.1. The fourth-order valence-corrected chi connectivity index (χ4v) is 5.17. The summed E-state index contributed by atoms with van der Waals surface area (Å²) in [6, 6.07) is 7.55. The van der Waals surface area contributed by atoms with Crippen molar-refractivity contribution in [3.05, 3.63) is 70.3 Å². The SMILES string of the molecule is O=C(c1ccc(F)c(F)c1)N1CCN(C(=O)c2ccc3c(c2)C(=O)N(C2CCCCC2)C3=O)CC1. The third kappa shape index (κ3) is 4.19. The molecular weight excluding hydrogens is 456 g/mol. The van der Waals surface area contributed by atoms with Gasteiger partial charge in [0, 0.05) is 43.3 Å². The Morgan fingerprint density at radius 3 is 1.83 bits per heavy atom. The number of imide groups is 1. The standard InChI is InChI=1S/C26H25F2N3O4/c27-21-9-7-17(15-22(21)28)24(33)30-12-10-29(11-13-30)23(32)16-6-8-19-20(14-16)26(35)31(25(19)34)18-4-2-1-3-5-18/h6-9,14-15,18H,1-5,10-13H2. The number of piperazine rings is 1. The molecule has 1 saturated carbocycles. The number of benzene rings is 2. The quantitative estimate of drug-likeness (QED) is 0.629. The van der Waals surface area contributed by atoms with E-state index in [-0.39, 0.29) is 61.1 Å². The molecule has 2 aromatic rings. The van der Waals surface area contributed by atoms with E-state index in [0.717, 1.165) is 44.2 Å². The average Bonchev–Trinajstić information content (AvgIpc) is 3.14. The summed E-state index contributed by atoms with van der Waals surface area (Å²) in [5.74, 6) is -3.46. The average molecular weight is 481 g/mol. The highest BCUT2D eigenvalue weighted by molar-refractivity contribution is 6.22. The number of fused-ring (bicyclic) bond motifs is 1. The van der Waals surface area contributed by atoms with Crippen LogP contribution in [0.15, 0.2) is 36.4 Å². The van der Waals surface area contributed by atoms with E-state index in [0.29, 0.717) is 11.1 Å². The van der Waals surface area contributed by atoms with Gasteiger partial charge in [-0.25, -0.2) is 8.78 Å². The lowest BCUT2D eigenvalue weighted by molar-refractivity contribution is 0.0534. The van der Waals surface area contributed by atoms with Crippen molar-refractivity contribution >= 4 is 23.6 Å². The van der Waals surface area contributed by atoms with Crippen molar-refractivity contribution in [1.82, 2.24) is 14.7 Å². The van der Waals surface area contributed by atoms with Crippen LogP contribution in [0.5, 0.6) is 0 Å². The molecule has 0 N–H and O–H groups in total. The van der Waals surface area contributed by atoms with Crippen LogP contribution < -0.4 is 0 Å². The van der Waals surface area contributed by atoms with Crippen LogP contribution >= 0.6 is 0 Å². The Kier molecular flexibility index (Phi) is 6.08. The number of amides is 4. The molecule has 0 atom stereocenters. The zero-order chi connectivity index (χ0) is 24.7. The highest BCUT2D eigenvalue weighted by atomic mass is 19.2. The minimum atomic E-state index is -1.09. The zero-order valence-electron chi connectivity index (χ0n) is 19.1. The van der Waals surface area contributed by atoms with E-state index in [1.165, 1.54) is 21.9 Å². The summed E-state index contributed by atoms with van der Waals surface area (Å²) in [4.78, 5) is 56.1. The van der Waals surface area contributed by atoms with E-state index in [1.807, 2.05) is 0 Å². The molecule has 182 valence electrons. The number of halogens is 2. The first-order valence-corrected chi connectivity index (χ1v) is 11.9. The molecule has 9 heteroatoms. The Labute approximate surface area is 201 Å². The molecule has 7 nitrogen and oxygen atoms in total. The first kappa shape index (κ1) is 23.1. The molecule has 2 aliphatic heterocycles. The van der Waals surface area contributed by atoms with Crippen molar-refractivity contribution in [2.24, 2.45) is 0 Å². The summed E-state index contributed by atoms with van der Waals surface area (Å²) in [5, 5.41) is 0. The van der Waals surface area contributed by atoms with Crippen LogP contribution in [0, 0.1) is 11.6 Å². The van der Waals surface area contributed by atoms with Gasteiger partial charge in [0.15, 0.2) is 11.6 Å². The Morgan fingerprint density at radius 2 is 1.23 bits per heavy atom. The molecule has 0 spiro atoms. The predicted molar refractivity (Wildman–Crippen MR) is 122 cm³/mol.